The van der Waals surface area contributed by atoms with E-state index in [0.717, 1.165) is 16.1 Å². The monoisotopic (exact) mass is 316 g/mol. The smallest absolute Gasteiger partial charge is 0.328 e. The summed E-state index contributed by atoms with van der Waals surface area (Å²) in [7, 11) is 0. The van der Waals surface area contributed by atoms with Crippen LogP contribution in [0.4, 0.5) is 0 Å². The van der Waals surface area contributed by atoms with Gasteiger partial charge in [0, 0.05) is 11.1 Å². The highest BCUT2D eigenvalue weighted by Gasteiger charge is 2.02. The first kappa shape index (κ1) is 13.8. The molecular weight excluding hydrogens is 307 g/mol. The summed E-state index contributed by atoms with van der Waals surface area (Å²) in [5.74, 6) is -0.362. The molecule has 0 aliphatic rings. The van der Waals surface area contributed by atoms with Gasteiger partial charge in [0.05, 0.1) is 4.47 Å². The Labute approximate surface area is 112 Å². The van der Waals surface area contributed by atoms with Crippen molar-refractivity contribution in [1.82, 2.24) is 0 Å². The van der Waals surface area contributed by atoms with Crippen molar-refractivity contribution in [3.8, 4) is 5.75 Å². The summed E-state index contributed by atoms with van der Waals surface area (Å²) >= 11 is 8.91. The molecule has 0 bridgehead atoms. The van der Waals surface area contributed by atoms with Crippen LogP contribution in [0.2, 0.25) is 0 Å². The lowest BCUT2D eigenvalue weighted by Crippen LogP contribution is -1.97. The molecule has 5 heteroatoms. The molecule has 90 valence electrons. The first-order valence-electron chi connectivity index (χ1n) is 4.65. The molecule has 3 nitrogen and oxygen atoms in total. The zero-order valence-corrected chi connectivity index (χ0v) is 11.2. The second kappa shape index (κ2) is 6.47. The quantitative estimate of drug-likeness (QED) is 0.843. The molecule has 0 unspecified atom stereocenters. The maximum absolute atomic E-state index is 10.4. The second-order valence-corrected chi connectivity index (χ2v) is 4.56. The van der Waals surface area contributed by atoms with Crippen LogP contribution in [0.5, 0.6) is 5.75 Å². The van der Waals surface area contributed by atoms with Crippen LogP contribution in [0.15, 0.2) is 40.4 Å². The van der Waals surface area contributed by atoms with E-state index >= 15 is 0 Å². The minimum absolute atomic E-state index is 0.227. The fraction of sp³-hybridized carbons (Fsp3) is 0.0833. The van der Waals surface area contributed by atoms with Gasteiger partial charge < -0.3 is 9.84 Å². The predicted octanol–water partition coefficient (Wildman–Crippen LogP) is 3.68. The first-order valence-corrected chi connectivity index (χ1v) is 5.83. The molecule has 1 aromatic rings. The van der Waals surface area contributed by atoms with Crippen molar-refractivity contribution in [2.45, 2.75) is 0 Å². The molecule has 0 spiro atoms. The number of hydrogen-bond donors (Lipinski definition) is 1. The van der Waals surface area contributed by atoms with Gasteiger partial charge in [0.2, 0.25) is 0 Å². The Balaban J connectivity index is 2.79. The van der Waals surface area contributed by atoms with E-state index in [1.54, 1.807) is 18.2 Å². The van der Waals surface area contributed by atoms with Crippen LogP contribution in [0.1, 0.15) is 5.56 Å². The molecule has 0 saturated heterocycles. The lowest BCUT2D eigenvalue weighted by Gasteiger charge is -2.07. The van der Waals surface area contributed by atoms with E-state index in [4.69, 9.17) is 21.4 Å². The summed E-state index contributed by atoms with van der Waals surface area (Å²) in [5, 5.41) is 8.91. The summed E-state index contributed by atoms with van der Waals surface area (Å²) in [4.78, 5) is 10.4. The van der Waals surface area contributed by atoms with Crippen molar-refractivity contribution in [2.24, 2.45) is 0 Å². The van der Waals surface area contributed by atoms with Crippen LogP contribution in [-0.2, 0) is 4.79 Å². The van der Waals surface area contributed by atoms with Crippen LogP contribution < -0.4 is 4.74 Å². The van der Waals surface area contributed by atoms with Crippen LogP contribution in [-0.4, -0.2) is 17.7 Å². The number of carboxylic acids is 1. The Morgan fingerprint density at radius 1 is 1.59 bits per heavy atom. The van der Waals surface area contributed by atoms with Crippen LogP contribution in [0, 0.1) is 0 Å². The lowest BCUT2D eigenvalue weighted by molar-refractivity contribution is -0.131. The zero-order chi connectivity index (χ0) is 12.8. The van der Waals surface area contributed by atoms with Gasteiger partial charge in [0.1, 0.15) is 12.4 Å². The normalized spacial score (nSPS) is 10.5. The van der Waals surface area contributed by atoms with Gasteiger partial charge >= 0.3 is 5.97 Å². The van der Waals surface area contributed by atoms with E-state index in [1.165, 1.54) is 6.08 Å². The van der Waals surface area contributed by atoms with E-state index in [-0.39, 0.29) is 6.61 Å². The third kappa shape index (κ3) is 5.06. The van der Waals surface area contributed by atoms with Crippen molar-refractivity contribution in [2.75, 3.05) is 6.61 Å². The summed E-state index contributed by atoms with van der Waals surface area (Å²) in [5.41, 5.74) is 0.760. The average molecular weight is 318 g/mol. The summed E-state index contributed by atoms with van der Waals surface area (Å²) < 4.78 is 6.08. The van der Waals surface area contributed by atoms with Gasteiger partial charge in [0.15, 0.2) is 0 Å². The number of rotatable bonds is 5. The van der Waals surface area contributed by atoms with E-state index in [2.05, 4.69) is 22.5 Å². The molecule has 0 amide bonds. The number of halogens is 2. The number of benzene rings is 1. The van der Waals surface area contributed by atoms with Gasteiger partial charge in [-0.1, -0.05) is 24.2 Å². The Morgan fingerprint density at radius 2 is 2.29 bits per heavy atom. The van der Waals surface area contributed by atoms with Crippen molar-refractivity contribution in [3.05, 3.63) is 45.9 Å². The Bertz CT molecular complexity index is 469. The average Bonchev–Trinajstić information content (AvgIpc) is 2.24. The summed E-state index contributed by atoms with van der Waals surface area (Å²) in [6.45, 7) is 3.74. The Hall–Kier alpha value is -1.26. The molecule has 0 heterocycles. The molecule has 0 saturated carbocycles. The number of hydrogen-bond acceptors (Lipinski definition) is 2. The van der Waals surface area contributed by atoms with E-state index in [1.807, 2.05) is 0 Å². The molecule has 0 aliphatic carbocycles. The highest BCUT2D eigenvalue weighted by Crippen LogP contribution is 2.27. The molecule has 0 fully saturated rings. The van der Waals surface area contributed by atoms with Gasteiger partial charge in [-0.3, -0.25) is 0 Å². The maximum atomic E-state index is 10.4. The summed E-state index contributed by atoms with van der Waals surface area (Å²) in [6.07, 6.45) is 2.57. The number of aliphatic carboxylic acids is 1. The molecule has 1 rings (SSSR count). The van der Waals surface area contributed by atoms with Gasteiger partial charge in [-0.25, -0.2) is 4.79 Å². The number of carboxylic acid groups (broad SMARTS) is 1. The highest BCUT2D eigenvalue weighted by molar-refractivity contribution is 9.10. The van der Waals surface area contributed by atoms with Crippen molar-refractivity contribution in [1.29, 1.82) is 0 Å². The predicted molar refractivity (Wildman–Crippen MR) is 71.3 cm³/mol. The SMILES string of the molecule is C=C(Cl)COc1ccc(C=CC(=O)O)cc1Br. The van der Waals surface area contributed by atoms with Crippen LogP contribution >= 0.6 is 27.5 Å². The van der Waals surface area contributed by atoms with Gasteiger partial charge in [-0.2, -0.15) is 0 Å². The molecule has 17 heavy (non-hydrogen) atoms. The van der Waals surface area contributed by atoms with Gasteiger partial charge in [-0.15, -0.1) is 0 Å². The molecule has 1 aromatic carbocycles. The first-order chi connectivity index (χ1) is 7.99. The fourth-order valence-corrected chi connectivity index (χ4v) is 1.63. The van der Waals surface area contributed by atoms with Gasteiger partial charge in [0.25, 0.3) is 0 Å². The second-order valence-electron chi connectivity index (χ2n) is 3.17. The fourth-order valence-electron chi connectivity index (χ4n) is 1.06. The molecule has 0 radical (unpaired) electrons. The Morgan fingerprint density at radius 3 is 2.82 bits per heavy atom. The molecular formula is C12H10BrClO3. The maximum Gasteiger partial charge on any atom is 0.328 e. The summed E-state index contributed by atoms with van der Waals surface area (Å²) in [6, 6.07) is 5.23. The topological polar surface area (TPSA) is 46.5 Å². The largest absolute Gasteiger partial charge is 0.487 e. The Kier molecular flexibility index (Phi) is 5.25. The van der Waals surface area contributed by atoms with Crippen molar-refractivity contribution in [3.63, 3.8) is 0 Å². The number of ether oxygens (including phenoxy) is 1. The van der Waals surface area contributed by atoms with Crippen molar-refractivity contribution >= 4 is 39.6 Å². The zero-order valence-electron chi connectivity index (χ0n) is 8.82. The third-order valence-electron chi connectivity index (χ3n) is 1.76. The highest BCUT2D eigenvalue weighted by atomic mass is 79.9. The molecule has 0 atom stereocenters. The minimum atomic E-state index is -0.986. The number of carbonyl (C=O) groups is 1. The van der Waals surface area contributed by atoms with E-state index < -0.39 is 5.97 Å². The van der Waals surface area contributed by atoms with Crippen LogP contribution in [0.25, 0.3) is 6.08 Å². The molecule has 0 aliphatic heterocycles. The molecule has 1 N–H and O–H groups in total. The standard InChI is InChI=1S/C12H10BrClO3/c1-8(14)7-17-11-4-2-9(6-10(11)13)3-5-12(15)16/h2-6H,1,7H2,(H,15,16). The minimum Gasteiger partial charge on any atom is -0.487 e. The third-order valence-corrected chi connectivity index (χ3v) is 2.49. The van der Waals surface area contributed by atoms with Crippen LogP contribution in [0.3, 0.4) is 0 Å². The van der Waals surface area contributed by atoms with E-state index in [0.29, 0.717) is 10.8 Å². The lowest BCUT2D eigenvalue weighted by atomic mass is 10.2. The van der Waals surface area contributed by atoms with E-state index in [9.17, 15) is 4.79 Å². The van der Waals surface area contributed by atoms with Crippen molar-refractivity contribution < 1.29 is 14.6 Å². The molecule has 0 aromatic heterocycles. The van der Waals surface area contributed by atoms with Gasteiger partial charge in [-0.05, 0) is 39.7 Å².